The molecule has 1 aromatic carbocycles. The molecule has 0 saturated carbocycles. The van der Waals surface area contributed by atoms with E-state index in [2.05, 4.69) is 0 Å². The van der Waals surface area contributed by atoms with E-state index < -0.39 is 25.1 Å². The molecule has 1 aliphatic heterocycles. The van der Waals surface area contributed by atoms with E-state index in [1.807, 2.05) is 0 Å². The second-order valence-corrected chi connectivity index (χ2v) is 9.29. The summed E-state index contributed by atoms with van der Waals surface area (Å²) in [6, 6.07) is 5.82. The van der Waals surface area contributed by atoms with Gasteiger partial charge >= 0.3 is 0 Å². The van der Waals surface area contributed by atoms with Crippen LogP contribution in [0.15, 0.2) is 29.2 Å². The van der Waals surface area contributed by atoms with Gasteiger partial charge in [0, 0.05) is 23.9 Å². The first-order chi connectivity index (χ1) is 8.77. The number of sulfonamides is 1. The van der Waals surface area contributed by atoms with Gasteiger partial charge in [-0.2, -0.15) is 4.31 Å². The van der Waals surface area contributed by atoms with Gasteiger partial charge in [-0.25, -0.2) is 16.8 Å². The average Bonchev–Trinajstić information content (AvgIpc) is 2.26. The van der Waals surface area contributed by atoms with Crippen LogP contribution in [0.2, 0.25) is 5.02 Å². The maximum Gasteiger partial charge on any atom is 0.243 e. The zero-order valence-corrected chi connectivity index (χ0v) is 12.7. The Hall–Kier alpha value is -0.630. The molecule has 106 valence electrons. The fourth-order valence-corrected chi connectivity index (χ4v) is 4.95. The number of halogens is 1. The molecule has 0 unspecified atom stereocenters. The molecule has 0 atom stereocenters. The molecular formula is C11H14ClNO4S2. The molecule has 0 aliphatic carbocycles. The van der Waals surface area contributed by atoms with Crippen LogP contribution >= 0.6 is 11.6 Å². The highest BCUT2D eigenvalue weighted by atomic mass is 35.5. The van der Waals surface area contributed by atoms with Gasteiger partial charge in [0.05, 0.1) is 10.1 Å². The lowest BCUT2D eigenvalue weighted by Gasteiger charge is -2.37. The number of hydrogen-bond acceptors (Lipinski definition) is 4. The quantitative estimate of drug-likeness (QED) is 0.833. The number of hydrogen-bond donors (Lipinski definition) is 0. The number of nitrogens with zero attached hydrogens (tertiary/aromatic N) is 1. The highest BCUT2D eigenvalue weighted by Gasteiger charge is 2.42. The lowest BCUT2D eigenvalue weighted by Crippen LogP contribution is -2.57. The van der Waals surface area contributed by atoms with Gasteiger partial charge in [-0.3, -0.25) is 0 Å². The standard InChI is InChI=1S/C11H14ClNO4S2/c1-2-18(14,15)11-7-13(8-11)19(16,17)10-5-3-9(12)4-6-10/h3-6,11H,2,7-8H2,1H3. The molecule has 1 aromatic rings. The number of rotatable bonds is 4. The number of sulfone groups is 1. The molecule has 8 heteroatoms. The van der Waals surface area contributed by atoms with E-state index >= 15 is 0 Å². The lowest BCUT2D eigenvalue weighted by atomic mass is 10.3. The van der Waals surface area contributed by atoms with Crippen molar-refractivity contribution in [2.75, 3.05) is 18.8 Å². The van der Waals surface area contributed by atoms with Crippen LogP contribution in [0, 0.1) is 0 Å². The van der Waals surface area contributed by atoms with E-state index in [9.17, 15) is 16.8 Å². The summed E-state index contributed by atoms with van der Waals surface area (Å²) in [4.78, 5) is 0.129. The van der Waals surface area contributed by atoms with E-state index in [4.69, 9.17) is 11.6 Å². The van der Waals surface area contributed by atoms with Crippen molar-refractivity contribution in [1.29, 1.82) is 0 Å². The first-order valence-corrected chi connectivity index (χ1v) is 9.28. The van der Waals surface area contributed by atoms with Crippen molar-refractivity contribution in [3.05, 3.63) is 29.3 Å². The average molecular weight is 324 g/mol. The lowest BCUT2D eigenvalue weighted by molar-refractivity contribution is 0.310. The molecule has 2 rings (SSSR count). The van der Waals surface area contributed by atoms with Crippen LogP contribution in [-0.2, 0) is 19.9 Å². The minimum Gasteiger partial charge on any atom is -0.228 e. The fraction of sp³-hybridized carbons (Fsp3) is 0.455. The van der Waals surface area contributed by atoms with E-state index in [0.29, 0.717) is 5.02 Å². The summed E-state index contributed by atoms with van der Waals surface area (Å²) in [7, 11) is -6.78. The molecule has 0 amide bonds. The summed E-state index contributed by atoms with van der Waals surface area (Å²) < 4.78 is 48.7. The Balaban J connectivity index is 2.15. The molecule has 1 saturated heterocycles. The minimum atomic E-state index is -3.61. The summed E-state index contributed by atoms with van der Waals surface area (Å²) in [6.45, 7) is 1.62. The predicted molar refractivity (Wildman–Crippen MR) is 73.5 cm³/mol. The van der Waals surface area contributed by atoms with Crippen LogP contribution in [0.1, 0.15) is 6.92 Å². The molecule has 0 spiro atoms. The Morgan fingerprint density at radius 3 is 2.16 bits per heavy atom. The molecule has 0 radical (unpaired) electrons. The van der Waals surface area contributed by atoms with Gasteiger partial charge in [-0.15, -0.1) is 0 Å². The molecule has 0 bridgehead atoms. The van der Waals surface area contributed by atoms with Gasteiger partial charge < -0.3 is 0 Å². The van der Waals surface area contributed by atoms with Gasteiger partial charge in [0.1, 0.15) is 0 Å². The van der Waals surface area contributed by atoms with Gasteiger partial charge in [0.15, 0.2) is 9.84 Å². The van der Waals surface area contributed by atoms with Crippen molar-refractivity contribution >= 4 is 31.5 Å². The summed E-state index contributed by atoms with van der Waals surface area (Å²) in [6.07, 6.45) is 0. The number of benzene rings is 1. The van der Waals surface area contributed by atoms with E-state index in [1.54, 1.807) is 6.92 Å². The predicted octanol–water partition coefficient (Wildman–Crippen LogP) is 1.15. The SMILES string of the molecule is CCS(=O)(=O)C1CN(S(=O)(=O)c2ccc(Cl)cc2)C1. The summed E-state index contributed by atoms with van der Waals surface area (Å²) in [5.41, 5.74) is 0. The van der Waals surface area contributed by atoms with Crippen molar-refractivity contribution in [3.63, 3.8) is 0 Å². The van der Waals surface area contributed by atoms with Crippen LogP contribution < -0.4 is 0 Å². The largest absolute Gasteiger partial charge is 0.243 e. The Morgan fingerprint density at radius 2 is 1.68 bits per heavy atom. The molecule has 1 fully saturated rings. The zero-order valence-electron chi connectivity index (χ0n) is 10.3. The second kappa shape index (κ2) is 5.05. The molecular weight excluding hydrogens is 310 g/mol. The van der Waals surface area contributed by atoms with Crippen molar-refractivity contribution in [1.82, 2.24) is 4.31 Å². The molecule has 0 aromatic heterocycles. The molecule has 1 aliphatic rings. The molecule has 1 heterocycles. The first-order valence-electron chi connectivity index (χ1n) is 5.74. The monoisotopic (exact) mass is 323 g/mol. The van der Waals surface area contributed by atoms with Gasteiger partial charge in [0.2, 0.25) is 10.0 Å². The van der Waals surface area contributed by atoms with Crippen LogP contribution in [-0.4, -0.2) is 45.2 Å². The summed E-state index contributed by atoms with van der Waals surface area (Å²) >= 11 is 5.70. The topological polar surface area (TPSA) is 71.5 Å². The van der Waals surface area contributed by atoms with Crippen molar-refractivity contribution in [2.24, 2.45) is 0 Å². The third-order valence-electron chi connectivity index (χ3n) is 3.18. The zero-order chi connectivity index (χ0) is 14.3. The van der Waals surface area contributed by atoms with E-state index in [-0.39, 0.29) is 23.7 Å². The highest BCUT2D eigenvalue weighted by molar-refractivity contribution is 7.92. The Morgan fingerprint density at radius 1 is 1.16 bits per heavy atom. The smallest absolute Gasteiger partial charge is 0.228 e. The van der Waals surface area contributed by atoms with Crippen LogP contribution in [0.25, 0.3) is 0 Å². The van der Waals surface area contributed by atoms with Crippen LogP contribution in [0.5, 0.6) is 0 Å². The fourth-order valence-electron chi connectivity index (χ4n) is 1.82. The van der Waals surface area contributed by atoms with Gasteiger partial charge in [0.25, 0.3) is 0 Å². The Bertz CT molecular complexity index is 661. The maximum atomic E-state index is 12.2. The normalized spacial score (nSPS) is 18.2. The van der Waals surface area contributed by atoms with E-state index in [1.165, 1.54) is 28.6 Å². The van der Waals surface area contributed by atoms with Crippen molar-refractivity contribution < 1.29 is 16.8 Å². The van der Waals surface area contributed by atoms with Gasteiger partial charge in [-0.1, -0.05) is 18.5 Å². The summed E-state index contributed by atoms with van der Waals surface area (Å²) in [5.74, 6) is 0.0342. The maximum absolute atomic E-state index is 12.2. The molecule has 5 nitrogen and oxygen atoms in total. The van der Waals surface area contributed by atoms with E-state index in [0.717, 1.165) is 0 Å². The third-order valence-corrected chi connectivity index (χ3v) is 7.39. The van der Waals surface area contributed by atoms with Crippen molar-refractivity contribution in [3.8, 4) is 0 Å². The van der Waals surface area contributed by atoms with Crippen LogP contribution in [0.3, 0.4) is 0 Å². The molecule has 0 N–H and O–H groups in total. The summed E-state index contributed by atoms with van der Waals surface area (Å²) in [5, 5.41) is -0.131. The second-order valence-electron chi connectivity index (χ2n) is 4.35. The minimum absolute atomic E-state index is 0.0289. The highest BCUT2D eigenvalue weighted by Crippen LogP contribution is 2.26. The Kier molecular flexibility index (Phi) is 3.92. The van der Waals surface area contributed by atoms with Crippen LogP contribution in [0.4, 0.5) is 0 Å². The first kappa shape index (κ1) is 14.8. The third kappa shape index (κ3) is 2.79. The Labute approximate surface area is 118 Å². The van der Waals surface area contributed by atoms with Gasteiger partial charge in [-0.05, 0) is 24.3 Å². The van der Waals surface area contributed by atoms with Crippen molar-refractivity contribution in [2.45, 2.75) is 17.1 Å². The molecule has 19 heavy (non-hydrogen) atoms.